The Bertz CT molecular complexity index is 313. The van der Waals surface area contributed by atoms with E-state index >= 15 is 0 Å². The highest BCUT2D eigenvalue weighted by Crippen LogP contribution is 2.15. The van der Waals surface area contributed by atoms with E-state index < -0.39 is 27.1 Å². The van der Waals surface area contributed by atoms with E-state index in [2.05, 4.69) is 6.58 Å². The molecule has 0 aliphatic heterocycles. The maximum absolute atomic E-state index is 11.3. The lowest BCUT2D eigenvalue weighted by Gasteiger charge is -2.15. The van der Waals surface area contributed by atoms with Crippen LogP contribution < -0.4 is 0 Å². The van der Waals surface area contributed by atoms with Gasteiger partial charge in [0.15, 0.2) is 11.0 Å². The normalized spacial score (nSPS) is 14.2. The van der Waals surface area contributed by atoms with Gasteiger partial charge < -0.3 is 0 Å². The van der Waals surface area contributed by atoms with Crippen LogP contribution in [-0.4, -0.2) is 24.0 Å². The van der Waals surface area contributed by atoms with Crippen molar-refractivity contribution >= 4 is 15.9 Å². The van der Waals surface area contributed by atoms with Crippen LogP contribution in [0.2, 0.25) is 0 Å². The summed E-state index contributed by atoms with van der Waals surface area (Å²) in [7, 11) is -4.32. The predicted molar refractivity (Wildman–Crippen MR) is 50.0 cm³/mol. The molecule has 1 N–H and O–H groups in total. The van der Waals surface area contributed by atoms with Gasteiger partial charge in [0.1, 0.15) is 0 Å². The van der Waals surface area contributed by atoms with E-state index in [9.17, 15) is 13.2 Å². The van der Waals surface area contributed by atoms with E-state index in [-0.39, 0.29) is 5.57 Å². The van der Waals surface area contributed by atoms with Gasteiger partial charge in [-0.3, -0.25) is 9.35 Å². The zero-order valence-corrected chi connectivity index (χ0v) is 8.76. The molecule has 0 heterocycles. The maximum atomic E-state index is 11.3. The van der Waals surface area contributed by atoms with Gasteiger partial charge in [-0.1, -0.05) is 20.4 Å². The first-order chi connectivity index (χ1) is 5.68. The van der Waals surface area contributed by atoms with Crippen molar-refractivity contribution < 1.29 is 17.8 Å². The molecule has 0 aromatic rings. The second kappa shape index (κ2) is 4.02. The fourth-order valence-corrected chi connectivity index (χ4v) is 2.18. The molecule has 5 heteroatoms. The molecule has 0 saturated heterocycles. The molecule has 4 nitrogen and oxygen atoms in total. The Morgan fingerprint density at radius 3 is 1.85 bits per heavy atom. The Hall–Kier alpha value is -0.680. The van der Waals surface area contributed by atoms with Gasteiger partial charge in [-0.2, -0.15) is 8.42 Å². The minimum absolute atomic E-state index is 0.135. The summed E-state index contributed by atoms with van der Waals surface area (Å²) in [5.74, 6) is -1.09. The van der Waals surface area contributed by atoms with Crippen LogP contribution >= 0.6 is 0 Å². The van der Waals surface area contributed by atoms with Gasteiger partial charge in [-0.15, -0.1) is 0 Å². The number of rotatable bonds is 4. The summed E-state index contributed by atoms with van der Waals surface area (Å²) in [6, 6.07) is 0. The third-order valence-electron chi connectivity index (χ3n) is 1.61. The molecule has 0 aliphatic carbocycles. The summed E-state index contributed by atoms with van der Waals surface area (Å²) in [6.45, 7) is 7.88. The summed E-state index contributed by atoms with van der Waals surface area (Å²) in [5, 5.41) is -1.38. The number of Topliss-reactive ketones (excluding diaryl/α,β-unsaturated/α-hetero) is 1. The van der Waals surface area contributed by atoms with E-state index in [4.69, 9.17) is 4.55 Å². The lowest BCUT2D eigenvalue weighted by molar-refractivity contribution is -0.115. The first kappa shape index (κ1) is 12.3. The summed E-state index contributed by atoms with van der Waals surface area (Å²) >= 11 is 0. The molecule has 0 spiro atoms. The van der Waals surface area contributed by atoms with Crippen LogP contribution in [0.4, 0.5) is 0 Å². The average Bonchev–Trinajstić information content (AvgIpc) is 1.82. The summed E-state index contributed by atoms with van der Waals surface area (Å²) in [4.78, 5) is 11.3. The highest BCUT2D eigenvalue weighted by atomic mass is 32.2. The third kappa shape index (κ3) is 3.28. The Balaban J connectivity index is 5.07. The van der Waals surface area contributed by atoms with Crippen LogP contribution in [0.5, 0.6) is 0 Å². The van der Waals surface area contributed by atoms with Crippen LogP contribution in [0.25, 0.3) is 0 Å². The largest absolute Gasteiger partial charge is 0.293 e. The minimum atomic E-state index is -4.32. The number of carbonyl (C=O) groups excluding carboxylic acids is 1. The zero-order valence-electron chi connectivity index (χ0n) is 7.94. The maximum Gasteiger partial charge on any atom is 0.275 e. The second-order valence-electron chi connectivity index (χ2n) is 3.32. The van der Waals surface area contributed by atoms with Crippen LogP contribution in [0.3, 0.4) is 0 Å². The fourth-order valence-electron chi connectivity index (χ4n) is 1.02. The average molecular weight is 206 g/mol. The summed E-state index contributed by atoms with van der Waals surface area (Å²) in [6.07, 6.45) is 0. The molecule has 0 aromatic heterocycles. The highest BCUT2D eigenvalue weighted by Gasteiger charge is 2.33. The van der Waals surface area contributed by atoms with Gasteiger partial charge in [-0.05, 0) is 18.4 Å². The van der Waals surface area contributed by atoms with Gasteiger partial charge in [0.2, 0.25) is 0 Å². The molecule has 0 amide bonds. The number of allylic oxidation sites excluding steroid dienone is 1. The van der Waals surface area contributed by atoms with Gasteiger partial charge in [0.05, 0.1) is 0 Å². The van der Waals surface area contributed by atoms with Crippen LogP contribution in [0.1, 0.15) is 20.8 Å². The summed E-state index contributed by atoms with van der Waals surface area (Å²) in [5.41, 5.74) is 0.135. The van der Waals surface area contributed by atoms with Gasteiger partial charge >= 0.3 is 0 Å². The molecule has 13 heavy (non-hydrogen) atoms. The van der Waals surface area contributed by atoms with Crippen LogP contribution in [0.15, 0.2) is 12.2 Å². The van der Waals surface area contributed by atoms with E-state index in [0.717, 1.165) is 0 Å². The fraction of sp³-hybridized carbons (Fsp3) is 0.625. The molecule has 0 rings (SSSR count). The first-order valence-corrected chi connectivity index (χ1v) is 5.34. The zero-order chi connectivity index (χ0) is 10.8. The molecular weight excluding hydrogens is 192 g/mol. The molecule has 0 fully saturated rings. The summed E-state index contributed by atoms with van der Waals surface area (Å²) < 4.78 is 30.4. The van der Waals surface area contributed by atoms with Crippen molar-refractivity contribution in [3.63, 3.8) is 0 Å². The van der Waals surface area contributed by atoms with Crippen LogP contribution in [-0.2, 0) is 14.9 Å². The number of hydrogen-bond acceptors (Lipinski definition) is 3. The van der Waals surface area contributed by atoms with Crippen molar-refractivity contribution in [2.75, 3.05) is 0 Å². The second-order valence-corrected chi connectivity index (χ2v) is 4.86. The standard InChI is InChI=1S/C8H14O4S/c1-5(2)7(9)8(6(3)4)13(10,11)12/h6,8H,1H2,2-4H3,(H,10,11,12). The van der Waals surface area contributed by atoms with E-state index in [1.807, 2.05) is 0 Å². The molecule has 0 bridgehead atoms. The quantitative estimate of drug-likeness (QED) is 0.551. The lowest BCUT2D eigenvalue weighted by Crippen LogP contribution is -2.35. The van der Waals surface area contributed by atoms with Gasteiger partial charge in [-0.25, -0.2) is 0 Å². The molecule has 1 unspecified atom stereocenters. The predicted octanol–water partition coefficient (Wildman–Crippen LogP) is 1.04. The minimum Gasteiger partial charge on any atom is -0.293 e. The Labute approximate surface area is 78.4 Å². The molecule has 0 radical (unpaired) electrons. The van der Waals surface area contributed by atoms with Crippen molar-refractivity contribution in [3.05, 3.63) is 12.2 Å². The molecule has 1 atom stereocenters. The van der Waals surface area contributed by atoms with Crippen molar-refractivity contribution in [1.82, 2.24) is 0 Å². The number of ketones is 1. The number of carbonyl (C=O) groups is 1. The monoisotopic (exact) mass is 206 g/mol. The molecule has 0 saturated carbocycles. The van der Waals surface area contributed by atoms with E-state index in [0.29, 0.717) is 0 Å². The SMILES string of the molecule is C=C(C)C(=O)C(C(C)C)S(=O)(=O)O. The third-order valence-corrected chi connectivity index (χ3v) is 3.01. The number of hydrogen-bond donors (Lipinski definition) is 1. The smallest absolute Gasteiger partial charge is 0.275 e. The lowest BCUT2D eigenvalue weighted by atomic mass is 10.0. The molecule has 0 aromatic carbocycles. The molecule has 76 valence electrons. The first-order valence-electron chi connectivity index (χ1n) is 3.84. The molecular formula is C8H14O4S. The van der Waals surface area contributed by atoms with Crippen LogP contribution in [0, 0.1) is 5.92 Å². The topological polar surface area (TPSA) is 71.4 Å². The van der Waals surface area contributed by atoms with Crippen molar-refractivity contribution in [2.45, 2.75) is 26.0 Å². The van der Waals surface area contributed by atoms with Crippen molar-refractivity contribution in [2.24, 2.45) is 5.92 Å². The van der Waals surface area contributed by atoms with Gasteiger partial charge in [0.25, 0.3) is 10.1 Å². The van der Waals surface area contributed by atoms with Crippen molar-refractivity contribution in [3.8, 4) is 0 Å². The Morgan fingerprint density at radius 1 is 1.38 bits per heavy atom. The Morgan fingerprint density at radius 2 is 1.77 bits per heavy atom. The van der Waals surface area contributed by atoms with E-state index in [1.165, 1.54) is 6.92 Å². The Kier molecular flexibility index (Phi) is 3.81. The highest BCUT2D eigenvalue weighted by molar-refractivity contribution is 7.87. The van der Waals surface area contributed by atoms with Crippen molar-refractivity contribution in [1.29, 1.82) is 0 Å². The van der Waals surface area contributed by atoms with E-state index in [1.54, 1.807) is 13.8 Å². The van der Waals surface area contributed by atoms with Gasteiger partial charge in [0, 0.05) is 0 Å². The molecule has 0 aliphatic rings.